The van der Waals surface area contributed by atoms with Crippen molar-refractivity contribution in [3.63, 3.8) is 0 Å². The Morgan fingerprint density at radius 2 is 0.971 bits per heavy atom. The Morgan fingerprint density at radius 3 is 1.35 bits per heavy atom. The smallest absolute Gasteiger partial charge is 0.115 e. The van der Waals surface area contributed by atoms with Crippen LogP contribution in [0.3, 0.4) is 0 Å². The zero-order chi connectivity index (χ0) is 23.6. The minimum Gasteiger partial charge on any atom is -0.394 e. The van der Waals surface area contributed by atoms with Crippen LogP contribution in [0.4, 0.5) is 0 Å². The maximum atomic E-state index is 10.2. The molecule has 1 aliphatic heterocycles. The third-order valence-electron chi connectivity index (χ3n) is 6.17. The van der Waals surface area contributed by atoms with Gasteiger partial charge in [0.25, 0.3) is 0 Å². The van der Waals surface area contributed by atoms with Crippen molar-refractivity contribution in [2.24, 2.45) is 0 Å². The molecule has 3 aromatic carbocycles. The van der Waals surface area contributed by atoms with E-state index < -0.39 is 18.3 Å². The van der Waals surface area contributed by atoms with Gasteiger partial charge in [-0.15, -0.1) is 0 Å². The van der Waals surface area contributed by atoms with Crippen LogP contribution in [0.5, 0.6) is 0 Å². The van der Waals surface area contributed by atoms with Crippen LogP contribution in [0.25, 0.3) is 0 Å². The van der Waals surface area contributed by atoms with Gasteiger partial charge in [-0.25, -0.2) is 0 Å². The molecule has 1 heterocycles. The van der Waals surface area contributed by atoms with Crippen LogP contribution in [-0.4, -0.2) is 42.2 Å². The summed E-state index contributed by atoms with van der Waals surface area (Å²) in [6, 6.07) is 30.2. The van der Waals surface area contributed by atoms with Crippen LogP contribution in [0, 0.1) is 0 Å². The number of hydrogen-bond acceptors (Lipinski definition) is 5. The second-order valence-corrected chi connectivity index (χ2v) is 8.59. The van der Waals surface area contributed by atoms with E-state index in [2.05, 4.69) is 6.92 Å². The highest BCUT2D eigenvalue weighted by Gasteiger charge is 2.47. The Kier molecular flexibility index (Phi) is 9.25. The second-order valence-electron chi connectivity index (χ2n) is 8.59. The van der Waals surface area contributed by atoms with E-state index in [0.29, 0.717) is 19.8 Å². The first-order valence-corrected chi connectivity index (χ1v) is 12.0. The van der Waals surface area contributed by atoms with Gasteiger partial charge >= 0.3 is 0 Å². The molecule has 1 fully saturated rings. The zero-order valence-corrected chi connectivity index (χ0v) is 19.7. The molecule has 5 heteroatoms. The first-order chi connectivity index (χ1) is 16.8. The van der Waals surface area contributed by atoms with Crippen LogP contribution in [-0.2, 0) is 38.8 Å². The average molecular weight is 463 g/mol. The number of aliphatic hydroxyl groups is 1. The molecule has 0 unspecified atom stereocenters. The van der Waals surface area contributed by atoms with E-state index in [1.165, 1.54) is 0 Å². The molecule has 5 atom stereocenters. The summed E-state index contributed by atoms with van der Waals surface area (Å²) < 4.78 is 25.6. The molecule has 0 spiro atoms. The van der Waals surface area contributed by atoms with Crippen LogP contribution in [0.15, 0.2) is 91.0 Å². The van der Waals surface area contributed by atoms with Crippen molar-refractivity contribution in [3.05, 3.63) is 108 Å². The van der Waals surface area contributed by atoms with Gasteiger partial charge in [-0.1, -0.05) is 97.9 Å². The van der Waals surface area contributed by atoms with Crippen molar-refractivity contribution < 1.29 is 24.1 Å². The molecule has 34 heavy (non-hydrogen) atoms. The van der Waals surface area contributed by atoms with Gasteiger partial charge in [-0.3, -0.25) is 0 Å². The van der Waals surface area contributed by atoms with Crippen LogP contribution in [0.1, 0.15) is 30.0 Å². The predicted octanol–water partition coefficient (Wildman–Crippen LogP) is 4.91. The fourth-order valence-corrected chi connectivity index (χ4v) is 4.36. The van der Waals surface area contributed by atoms with Crippen molar-refractivity contribution in [1.29, 1.82) is 0 Å². The summed E-state index contributed by atoms with van der Waals surface area (Å²) in [4.78, 5) is 0. The van der Waals surface area contributed by atoms with Gasteiger partial charge in [0.15, 0.2) is 0 Å². The molecular weight excluding hydrogens is 428 g/mol. The van der Waals surface area contributed by atoms with Gasteiger partial charge in [-0.2, -0.15) is 0 Å². The van der Waals surface area contributed by atoms with Crippen LogP contribution >= 0.6 is 0 Å². The lowest BCUT2D eigenvalue weighted by molar-refractivity contribution is -0.270. The zero-order valence-electron chi connectivity index (χ0n) is 19.7. The van der Waals surface area contributed by atoms with Crippen molar-refractivity contribution in [2.45, 2.75) is 63.7 Å². The lowest BCUT2D eigenvalue weighted by atomic mass is 9.93. The molecular formula is C29H34O5. The minimum absolute atomic E-state index is 0.146. The third kappa shape index (κ3) is 6.53. The van der Waals surface area contributed by atoms with Gasteiger partial charge in [0.2, 0.25) is 0 Å². The molecule has 5 nitrogen and oxygen atoms in total. The van der Waals surface area contributed by atoms with Crippen molar-refractivity contribution in [2.75, 3.05) is 6.61 Å². The molecule has 0 amide bonds. The molecule has 0 aromatic heterocycles. The first kappa shape index (κ1) is 24.6. The summed E-state index contributed by atoms with van der Waals surface area (Å²) >= 11 is 0. The number of rotatable bonds is 11. The molecule has 1 N–H and O–H groups in total. The van der Waals surface area contributed by atoms with E-state index in [4.69, 9.17) is 18.9 Å². The number of ether oxygens (including phenoxy) is 4. The van der Waals surface area contributed by atoms with Crippen LogP contribution < -0.4 is 0 Å². The highest BCUT2D eigenvalue weighted by Crippen LogP contribution is 2.31. The molecule has 180 valence electrons. The lowest BCUT2D eigenvalue weighted by Crippen LogP contribution is -2.60. The summed E-state index contributed by atoms with van der Waals surface area (Å²) in [7, 11) is 0. The molecule has 3 aromatic rings. The quantitative estimate of drug-likeness (QED) is 0.439. The summed E-state index contributed by atoms with van der Waals surface area (Å²) in [5.41, 5.74) is 3.22. The Balaban J connectivity index is 1.56. The molecule has 0 saturated carbocycles. The maximum Gasteiger partial charge on any atom is 0.115 e. The van der Waals surface area contributed by atoms with Gasteiger partial charge in [0.05, 0.1) is 32.5 Å². The van der Waals surface area contributed by atoms with Gasteiger partial charge < -0.3 is 24.1 Å². The second kappa shape index (κ2) is 12.8. The van der Waals surface area contributed by atoms with E-state index in [9.17, 15) is 5.11 Å². The number of hydrogen-bond donors (Lipinski definition) is 1. The maximum absolute atomic E-state index is 10.2. The SMILES string of the molecule is CC[C@H]1O[C@@H](CO)[C@H](OCc2ccccc2)[C@@H](OCc2ccccc2)[C@@H]1OCc1ccccc1. The fourth-order valence-electron chi connectivity index (χ4n) is 4.36. The third-order valence-corrected chi connectivity index (χ3v) is 6.17. The van der Waals surface area contributed by atoms with Crippen molar-refractivity contribution >= 4 is 0 Å². The Labute approximate surface area is 202 Å². The van der Waals surface area contributed by atoms with E-state index in [1.54, 1.807) is 0 Å². The van der Waals surface area contributed by atoms with Gasteiger partial charge in [0, 0.05) is 0 Å². The molecule has 1 aliphatic rings. The molecule has 0 bridgehead atoms. The number of aliphatic hydroxyl groups excluding tert-OH is 1. The van der Waals surface area contributed by atoms with Crippen LogP contribution in [0.2, 0.25) is 0 Å². The van der Waals surface area contributed by atoms with Gasteiger partial charge in [-0.05, 0) is 23.1 Å². The molecule has 1 saturated heterocycles. The summed E-state index contributed by atoms with van der Waals surface area (Å²) in [6.45, 7) is 3.20. The summed E-state index contributed by atoms with van der Waals surface area (Å²) in [5, 5.41) is 10.2. The molecule has 0 aliphatic carbocycles. The Hall–Kier alpha value is -2.54. The number of benzene rings is 3. The minimum atomic E-state index is -0.494. The predicted molar refractivity (Wildman–Crippen MR) is 131 cm³/mol. The fraction of sp³-hybridized carbons (Fsp3) is 0.379. The summed E-state index contributed by atoms with van der Waals surface area (Å²) in [6.07, 6.45) is -1.17. The molecule has 4 rings (SSSR count). The first-order valence-electron chi connectivity index (χ1n) is 12.0. The van der Waals surface area contributed by atoms with E-state index in [0.717, 1.165) is 23.1 Å². The highest BCUT2D eigenvalue weighted by molar-refractivity contribution is 5.15. The van der Waals surface area contributed by atoms with E-state index in [1.807, 2.05) is 91.0 Å². The average Bonchev–Trinajstić information content (AvgIpc) is 2.91. The Bertz CT molecular complexity index is 893. The monoisotopic (exact) mass is 462 g/mol. The van der Waals surface area contributed by atoms with E-state index >= 15 is 0 Å². The summed E-state index contributed by atoms with van der Waals surface area (Å²) in [5.74, 6) is 0. The Morgan fingerprint density at radius 1 is 0.588 bits per heavy atom. The van der Waals surface area contributed by atoms with E-state index in [-0.39, 0.29) is 18.8 Å². The lowest BCUT2D eigenvalue weighted by Gasteiger charge is -2.45. The van der Waals surface area contributed by atoms with Gasteiger partial charge in [0.1, 0.15) is 24.4 Å². The van der Waals surface area contributed by atoms with Crippen molar-refractivity contribution in [1.82, 2.24) is 0 Å². The standard InChI is InChI=1S/C29H34O5/c1-2-25-27(31-19-22-12-6-3-7-13-22)29(33-21-24-16-10-5-11-17-24)28(26(18-30)34-25)32-20-23-14-8-4-9-15-23/h3-17,25-30H,2,18-21H2,1H3/t25-,26+,27-,28+,29+/m1/s1. The topological polar surface area (TPSA) is 57.2 Å². The molecule has 0 radical (unpaired) electrons. The normalized spacial score (nSPS) is 24.7. The highest BCUT2D eigenvalue weighted by atomic mass is 16.6. The largest absolute Gasteiger partial charge is 0.394 e. The van der Waals surface area contributed by atoms with Crippen molar-refractivity contribution in [3.8, 4) is 0 Å².